The van der Waals surface area contributed by atoms with Gasteiger partial charge < -0.3 is 14.7 Å². The molecule has 3 heterocycles. The summed E-state index contributed by atoms with van der Waals surface area (Å²) in [7, 11) is 0. The van der Waals surface area contributed by atoms with E-state index in [1.54, 1.807) is 0 Å². The predicted octanol–water partition coefficient (Wildman–Crippen LogP) is 20.7. The third-order valence-corrected chi connectivity index (χ3v) is 21.5. The lowest BCUT2D eigenvalue weighted by molar-refractivity contribution is 0.195. The van der Waals surface area contributed by atoms with Crippen molar-refractivity contribution in [2.45, 2.75) is 148 Å². The van der Waals surface area contributed by atoms with Crippen LogP contribution in [0.4, 0.5) is 45.5 Å². The van der Waals surface area contributed by atoms with Crippen LogP contribution in [0.1, 0.15) is 143 Å². The van der Waals surface area contributed by atoms with Crippen LogP contribution in [0, 0.1) is 0 Å². The van der Waals surface area contributed by atoms with Gasteiger partial charge in [-0.2, -0.15) is 0 Å². The first-order chi connectivity index (χ1) is 41.6. The molecular weight excluding hydrogens is 1050 g/mol. The zero-order valence-corrected chi connectivity index (χ0v) is 53.2. The zero-order chi connectivity index (χ0) is 60.2. The average Bonchev–Trinajstić information content (AvgIpc) is 1.68. The fraction of sp³-hybridized carbons (Fsp3) is 0.277. The van der Waals surface area contributed by atoms with Gasteiger partial charge >= 0.3 is 0 Å². The SMILES string of the molecule is CC(C)(C)c1ccc(N2c3ccc(-c4ccccc4)cc3B3c4cc5c(cc4N(c4ccc(C(C)(C)C)cc4-c4ccccc4)c4cc(N6c7ccc(-c8ccccc8)cc7C7(C)CCCCC67C)cc2c43)C(C)(C)CC5(C)C)c(-c2ccccc2)c1. The summed E-state index contributed by atoms with van der Waals surface area (Å²) in [4.78, 5) is 8.31. The Morgan fingerprint density at radius 2 is 0.793 bits per heavy atom. The van der Waals surface area contributed by atoms with Crippen LogP contribution in [-0.4, -0.2) is 12.3 Å². The Morgan fingerprint density at radius 3 is 1.31 bits per heavy atom. The van der Waals surface area contributed by atoms with Gasteiger partial charge in [-0.25, -0.2) is 0 Å². The molecule has 0 N–H and O–H groups in total. The number of fused-ring (bicyclic) bond motifs is 8. The summed E-state index contributed by atoms with van der Waals surface area (Å²) in [6.45, 7) is 29.2. The minimum Gasteiger partial charge on any atom is -0.334 e. The standard InChI is InChI=1S/C83H82BN3/c1-78(2,3)60-37-41-70(63(47-60)56-31-21-15-22-32-56)85-73-40-36-59(55-29-19-14-20-30-55)46-68(73)84-69-51-65-66(81(9,10)53-80(65,7)8)52-74(69)86(71-42-38-61(79(4,5)6)48-64(71)57-33-23-16-24-34-57)76-50-62(49-75(85)77(76)84)87-72-39-35-58(54-27-17-13-18-28-54)45-67(72)82(11)43-25-26-44-83(82,87)12/h13-24,27-42,45-52H,25-26,43-44,53H2,1-12H3. The van der Waals surface area contributed by atoms with Crippen molar-refractivity contribution in [3.05, 3.63) is 246 Å². The van der Waals surface area contributed by atoms with Crippen LogP contribution in [0.3, 0.4) is 0 Å². The highest BCUT2D eigenvalue weighted by Gasteiger charge is 2.58. The van der Waals surface area contributed by atoms with Gasteiger partial charge in [0.2, 0.25) is 0 Å². The van der Waals surface area contributed by atoms with Crippen molar-refractivity contribution in [2.24, 2.45) is 0 Å². The Morgan fingerprint density at radius 1 is 0.356 bits per heavy atom. The Labute approximate surface area is 518 Å². The molecule has 2 aliphatic carbocycles. The first kappa shape index (κ1) is 55.3. The Balaban J connectivity index is 1.11. The summed E-state index contributed by atoms with van der Waals surface area (Å²) in [5.41, 5.74) is 30.3. The van der Waals surface area contributed by atoms with Gasteiger partial charge in [0.25, 0.3) is 6.71 Å². The van der Waals surface area contributed by atoms with Crippen molar-refractivity contribution in [3.8, 4) is 44.5 Å². The zero-order valence-electron chi connectivity index (χ0n) is 53.2. The van der Waals surface area contributed by atoms with Gasteiger partial charge in [0.15, 0.2) is 0 Å². The molecule has 3 aliphatic heterocycles. The highest BCUT2D eigenvalue weighted by molar-refractivity contribution is 7.00. The molecule has 2 atom stereocenters. The number of nitrogens with zero attached hydrogens (tertiary/aromatic N) is 3. The molecule has 4 heteroatoms. The topological polar surface area (TPSA) is 9.72 Å². The molecular formula is C83H82BN3. The fourth-order valence-electron chi connectivity index (χ4n) is 16.9. The first-order valence-corrected chi connectivity index (χ1v) is 32.2. The van der Waals surface area contributed by atoms with E-state index in [4.69, 9.17) is 0 Å². The van der Waals surface area contributed by atoms with Gasteiger partial charge in [-0.1, -0.05) is 247 Å². The summed E-state index contributed by atoms with van der Waals surface area (Å²) in [6.07, 6.45) is 5.69. The fourth-order valence-corrected chi connectivity index (χ4v) is 16.9. The molecule has 0 spiro atoms. The van der Waals surface area contributed by atoms with Gasteiger partial charge in [0, 0.05) is 50.7 Å². The number of hydrogen-bond acceptors (Lipinski definition) is 3. The van der Waals surface area contributed by atoms with Crippen molar-refractivity contribution in [1.29, 1.82) is 0 Å². The maximum absolute atomic E-state index is 2.85. The molecule has 0 aromatic heterocycles. The van der Waals surface area contributed by atoms with Crippen LogP contribution in [0.5, 0.6) is 0 Å². The number of rotatable bonds is 7. The molecule has 10 aromatic rings. The van der Waals surface area contributed by atoms with Crippen molar-refractivity contribution in [1.82, 2.24) is 0 Å². The molecule has 1 saturated carbocycles. The number of hydrogen-bond donors (Lipinski definition) is 0. The molecule has 1 fully saturated rings. The lowest BCUT2D eigenvalue weighted by atomic mass is 9.33. The van der Waals surface area contributed by atoms with E-state index < -0.39 is 0 Å². The Bertz CT molecular complexity index is 4370. The molecule has 0 amide bonds. The van der Waals surface area contributed by atoms with Crippen LogP contribution < -0.4 is 31.1 Å². The highest BCUT2D eigenvalue weighted by atomic mass is 15.3. The maximum Gasteiger partial charge on any atom is 0.252 e. The summed E-state index contributed by atoms with van der Waals surface area (Å²) in [5, 5.41) is 0. The maximum atomic E-state index is 2.85. The lowest BCUT2D eigenvalue weighted by Gasteiger charge is -2.51. The summed E-state index contributed by atoms with van der Waals surface area (Å²) in [6, 6.07) is 84.9. The summed E-state index contributed by atoms with van der Waals surface area (Å²) >= 11 is 0. The molecule has 15 rings (SSSR count). The Kier molecular flexibility index (Phi) is 12.4. The lowest BCUT2D eigenvalue weighted by Crippen LogP contribution is -2.62. The van der Waals surface area contributed by atoms with E-state index in [1.807, 2.05) is 0 Å². The monoisotopic (exact) mass is 1130 g/mol. The molecule has 0 saturated heterocycles. The van der Waals surface area contributed by atoms with E-state index in [1.165, 1.54) is 147 Å². The second kappa shape index (κ2) is 19.6. The van der Waals surface area contributed by atoms with Gasteiger partial charge in [0.05, 0.1) is 16.9 Å². The minimum absolute atomic E-state index is 0.0321. The molecule has 0 bridgehead atoms. The minimum atomic E-state index is -0.230. The molecule has 87 heavy (non-hydrogen) atoms. The average molecular weight is 1130 g/mol. The number of anilines is 8. The summed E-state index contributed by atoms with van der Waals surface area (Å²) < 4.78 is 0. The van der Waals surface area contributed by atoms with Crippen molar-refractivity contribution < 1.29 is 0 Å². The van der Waals surface area contributed by atoms with Gasteiger partial charge in [0.1, 0.15) is 0 Å². The molecule has 0 radical (unpaired) electrons. The number of benzene rings is 10. The van der Waals surface area contributed by atoms with Gasteiger partial charge in [-0.05, 0) is 186 Å². The van der Waals surface area contributed by atoms with E-state index in [0.29, 0.717) is 0 Å². The molecule has 2 unspecified atom stereocenters. The van der Waals surface area contributed by atoms with Gasteiger partial charge in [-0.3, -0.25) is 0 Å². The normalized spacial score (nSPS) is 19.4. The quantitative estimate of drug-likeness (QED) is 0.147. The van der Waals surface area contributed by atoms with Crippen LogP contribution in [-0.2, 0) is 27.1 Å². The third-order valence-electron chi connectivity index (χ3n) is 21.5. The van der Waals surface area contributed by atoms with E-state index in [9.17, 15) is 0 Å². The second-order valence-electron chi connectivity index (χ2n) is 30.0. The Hall–Kier alpha value is -8.34. The first-order valence-electron chi connectivity index (χ1n) is 32.2. The highest BCUT2D eigenvalue weighted by Crippen LogP contribution is 2.63. The second-order valence-corrected chi connectivity index (χ2v) is 30.0. The van der Waals surface area contributed by atoms with Crippen molar-refractivity contribution in [3.63, 3.8) is 0 Å². The summed E-state index contributed by atoms with van der Waals surface area (Å²) in [5.74, 6) is 0. The predicted molar refractivity (Wildman–Crippen MR) is 373 cm³/mol. The molecule has 10 aromatic carbocycles. The van der Waals surface area contributed by atoms with Crippen LogP contribution in [0.15, 0.2) is 218 Å². The van der Waals surface area contributed by atoms with Crippen LogP contribution in [0.25, 0.3) is 44.5 Å². The molecule has 3 nitrogen and oxygen atoms in total. The third kappa shape index (κ3) is 8.58. The van der Waals surface area contributed by atoms with E-state index in [2.05, 4.69) is 316 Å². The van der Waals surface area contributed by atoms with Crippen molar-refractivity contribution in [2.75, 3.05) is 14.7 Å². The van der Waals surface area contributed by atoms with E-state index >= 15 is 0 Å². The van der Waals surface area contributed by atoms with Crippen LogP contribution >= 0.6 is 0 Å². The molecule has 432 valence electrons. The smallest absolute Gasteiger partial charge is 0.252 e. The van der Waals surface area contributed by atoms with Crippen LogP contribution in [0.2, 0.25) is 0 Å². The van der Waals surface area contributed by atoms with Gasteiger partial charge in [-0.15, -0.1) is 0 Å². The van der Waals surface area contributed by atoms with E-state index in [-0.39, 0.29) is 39.3 Å². The molecule has 5 aliphatic rings. The van der Waals surface area contributed by atoms with E-state index in [0.717, 1.165) is 19.3 Å². The largest absolute Gasteiger partial charge is 0.334 e. The van der Waals surface area contributed by atoms with Crippen molar-refractivity contribution >= 4 is 68.6 Å².